The second kappa shape index (κ2) is 13.4. The Hall–Kier alpha value is -1.51. The van der Waals surface area contributed by atoms with E-state index in [2.05, 4.69) is 13.8 Å². The molecule has 1 amide bonds. The summed E-state index contributed by atoms with van der Waals surface area (Å²) in [5, 5.41) is 21.6. The van der Waals surface area contributed by atoms with Crippen molar-refractivity contribution in [2.75, 3.05) is 6.54 Å². The number of ether oxygens (including phenoxy) is 2. The predicted octanol–water partition coefficient (Wildman–Crippen LogP) is 4.49. The summed E-state index contributed by atoms with van der Waals surface area (Å²) in [6.45, 7) is 14.2. The van der Waals surface area contributed by atoms with Gasteiger partial charge < -0.3 is 24.6 Å². The molecule has 2 N–H and O–H groups in total. The Balaban J connectivity index is 1.70. The molecule has 0 bridgehead atoms. The van der Waals surface area contributed by atoms with Crippen molar-refractivity contribution < 1.29 is 34.1 Å². The minimum absolute atomic E-state index is 0.0796. The summed E-state index contributed by atoms with van der Waals surface area (Å²) >= 11 is 0. The fourth-order valence-corrected chi connectivity index (χ4v) is 6.84. The maximum atomic E-state index is 13.5. The van der Waals surface area contributed by atoms with Gasteiger partial charge in [-0.15, -0.1) is 0 Å². The molecule has 3 fully saturated rings. The lowest BCUT2D eigenvalue weighted by molar-refractivity contribution is -0.269. The van der Waals surface area contributed by atoms with Crippen molar-refractivity contribution in [3.05, 3.63) is 0 Å². The Morgan fingerprint density at radius 2 is 1.69 bits per heavy atom. The lowest BCUT2D eigenvalue weighted by Crippen LogP contribution is -2.61. The molecule has 8 nitrogen and oxygen atoms in total. The monoisotopic (exact) mass is 551 g/mol. The van der Waals surface area contributed by atoms with Crippen LogP contribution in [0.4, 0.5) is 0 Å². The third kappa shape index (κ3) is 7.42. The first-order valence-corrected chi connectivity index (χ1v) is 15.4. The van der Waals surface area contributed by atoms with Crippen LogP contribution in [0, 0.1) is 35.5 Å². The Bertz CT molecular complexity index is 860. The van der Waals surface area contributed by atoms with Crippen molar-refractivity contribution in [1.82, 2.24) is 4.90 Å². The quantitative estimate of drug-likeness (QED) is 0.321. The molecular formula is C31H53NO7. The van der Waals surface area contributed by atoms with Crippen LogP contribution in [0.15, 0.2) is 0 Å². The molecule has 8 heteroatoms. The molecule has 2 saturated heterocycles. The lowest BCUT2D eigenvalue weighted by atomic mass is 9.75. The van der Waals surface area contributed by atoms with Crippen molar-refractivity contribution in [2.45, 2.75) is 136 Å². The van der Waals surface area contributed by atoms with Crippen molar-refractivity contribution in [3.8, 4) is 0 Å². The molecule has 0 radical (unpaired) electrons. The number of carbonyl (C=O) groups excluding carboxylic acids is 3. The van der Waals surface area contributed by atoms with E-state index in [9.17, 15) is 24.6 Å². The number of rotatable bonds is 9. The van der Waals surface area contributed by atoms with Gasteiger partial charge in [-0.05, 0) is 87.4 Å². The van der Waals surface area contributed by atoms with Gasteiger partial charge in [0.2, 0.25) is 5.79 Å². The molecule has 0 aromatic rings. The van der Waals surface area contributed by atoms with E-state index in [1.165, 1.54) is 4.90 Å². The summed E-state index contributed by atoms with van der Waals surface area (Å²) in [5.74, 6) is -4.06. The Kier molecular flexibility index (Phi) is 11.0. The van der Waals surface area contributed by atoms with Crippen molar-refractivity contribution in [1.29, 1.82) is 0 Å². The van der Waals surface area contributed by atoms with E-state index < -0.39 is 35.4 Å². The standard InChI is InChI=1S/C31H53NO7/c1-18(2)26-14-12-22(7)31(37,39-26)28(34)29(35)32-15-9-8-10-24(32)30(36)38-27(19(3)4)21(6)16-23-13-11-20(5)25(33)17-23/h18-27,33,37H,8-17H2,1-7H3. The molecule has 224 valence electrons. The molecular weight excluding hydrogens is 498 g/mol. The number of ketones is 1. The van der Waals surface area contributed by atoms with Crippen LogP contribution in [-0.4, -0.2) is 69.5 Å². The van der Waals surface area contributed by atoms with E-state index in [4.69, 9.17) is 9.47 Å². The maximum Gasteiger partial charge on any atom is 0.329 e. The fraction of sp³-hybridized carbons (Fsp3) is 0.903. The number of aliphatic hydroxyl groups is 2. The second-order valence-electron chi connectivity index (χ2n) is 13.5. The van der Waals surface area contributed by atoms with E-state index in [-0.39, 0.29) is 42.6 Å². The van der Waals surface area contributed by atoms with Gasteiger partial charge in [-0.2, -0.15) is 0 Å². The number of carbonyl (C=O) groups is 3. The van der Waals surface area contributed by atoms with Gasteiger partial charge in [0.25, 0.3) is 11.7 Å². The summed E-state index contributed by atoms with van der Waals surface area (Å²) in [6, 6.07) is -0.857. The average molecular weight is 552 g/mol. The molecule has 2 heterocycles. The summed E-state index contributed by atoms with van der Waals surface area (Å²) in [5.41, 5.74) is 0. The van der Waals surface area contributed by atoms with E-state index in [1.54, 1.807) is 6.92 Å². The highest BCUT2D eigenvalue weighted by molar-refractivity contribution is 6.39. The summed E-state index contributed by atoms with van der Waals surface area (Å²) in [6.07, 6.45) is 5.94. The highest BCUT2D eigenvalue weighted by Gasteiger charge is 2.53. The molecule has 39 heavy (non-hydrogen) atoms. The first kappa shape index (κ1) is 32.0. The topological polar surface area (TPSA) is 113 Å². The van der Waals surface area contributed by atoms with Gasteiger partial charge in [0.05, 0.1) is 12.2 Å². The largest absolute Gasteiger partial charge is 0.460 e. The van der Waals surface area contributed by atoms with Gasteiger partial charge in [0.15, 0.2) is 0 Å². The number of hydrogen-bond donors (Lipinski definition) is 2. The normalized spacial score (nSPS) is 35.5. The highest BCUT2D eigenvalue weighted by Crippen LogP contribution is 2.37. The van der Waals surface area contributed by atoms with Crippen LogP contribution >= 0.6 is 0 Å². The van der Waals surface area contributed by atoms with Crippen LogP contribution in [0.1, 0.15) is 106 Å². The predicted molar refractivity (Wildman–Crippen MR) is 148 cm³/mol. The average Bonchev–Trinajstić information content (AvgIpc) is 2.89. The highest BCUT2D eigenvalue weighted by atomic mass is 16.6. The van der Waals surface area contributed by atoms with Crippen LogP contribution in [-0.2, 0) is 23.9 Å². The molecule has 0 spiro atoms. The van der Waals surface area contributed by atoms with Gasteiger partial charge in [-0.3, -0.25) is 9.59 Å². The zero-order valence-electron chi connectivity index (χ0n) is 25.2. The first-order valence-electron chi connectivity index (χ1n) is 15.4. The fourth-order valence-electron chi connectivity index (χ4n) is 6.84. The molecule has 1 saturated carbocycles. The number of aliphatic hydroxyl groups excluding tert-OH is 1. The van der Waals surface area contributed by atoms with Gasteiger partial charge >= 0.3 is 5.97 Å². The van der Waals surface area contributed by atoms with Crippen molar-refractivity contribution in [3.63, 3.8) is 0 Å². The molecule has 3 aliphatic rings. The minimum atomic E-state index is -2.19. The van der Waals surface area contributed by atoms with Crippen LogP contribution in [0.25, 0.3) is 0 Å². The summed E-state index contributed by atoms with van der Waals surface area (Å²) in [4.78, 5) is 41.8. The Morgan fingerprint density at radius 3 is 2.31 bits per heavy atom. The van der Waals surface area contributed by atoms with Crippen LogP contribution in [0.2, 0.25) is 0 Å². The SMILES string of the molecule is CC(C)C1CCC(C)C(O)(C(=O)C(=O)N2CCCCC2C(=O)OC(C(C)C)C(C)CC2CCC(C)C(O)C2)O1. The first-order chi connectivity index (χ1) is 18.3. The smallest absolute Gasteiger partial charge is 0.329 e. The molecule has 0 aromatic heterocycles. The molecule has 1 aliphatic carbocycles. The zero-order valence-corrected chi connectivity index (χ0v) is 25.2. The number of nitrogens with zero attached hydrogens (tertiary/aromatic N) is 1. The second-order valence-corrected chi connectivity index (χ2v) is 13.5. The zero-order chi connectivity index (χ0) is 29.1. The van der Waals surface area contributed by atoms with Gasteiger partial charge in [-0.1, -0.05) is 48.5 Å². The summed E-state index contributed by atoms with van der Waals surface area (Å²) in [7, 11) is 0. The number of likely N-dealkylation sites (tertiary alicyclic amines) is 1. The number of piperidine rings is 1. The molecule has 3 rings (SSSR count). The van der Waals surface area contributed by atoms with Crippen LogP contribution in [0.5, 0.6) is 0 Å². The van der Waals surface area contributed by atoms with Gasteiger partial charge in [-0.25, -0.2) is 4.79 Å². The molecule has 2 aliphatic heterocycles. The van der Waals surface area contributed by atoms with E-state index >= 15 is 0 Å². The number of amides is 1. The number of Topliss-reactive ketones (excluding diaryl/α,β-unsaturated/α-hetero) is 1. The van der Waals surface area contributed by atoms with E-state index in [0.717, 1.165) is 38.5 Å². The number of esters is 1. The number of hydrogen-bond acceptors (Lipinski definition) is 7. The third-order valence-electron chi connectivity index (χ3n) is 9.62. The van der Waals surface area contributed by atoms with Crippen molar-refractivity contribution >= 4 is 17.7 Å². The lowest BCUT2D eigenvalue weighted by Gasteiger charge is -2.43. The molecule has 9 atom stereocenters. The van der Waals surface area contributed by atoms with E-state index in [1.807, 2.05) is 27.7 Å². The molecule has 0 aromatic carbocycles. The Labute approximate surface area is 235 Å². The van der Waals surface area contributed by atoms with Crippen LogP contribution in [0.3, 0.4) is 0 Å². The van der Waals surface area contributed by atoms with Crippen LogP contribution < -0.4 is 0 Å². The van der Waals surface area contributed by atoms with Gasteiger partial charge in [0.1, 0.15) is 12.1 Å². The van der Waals surface area contributed by atoms with Crippen molar-refractivity contribution in [2.24, 2.45) is 35.5 Å². The minimum Gasteiger partial charge on any atom is -0.460 e. The molecule has 9 unspecified atom stereocenters. The third-order valence-corrected chi connectivity index (χ3v) is 9.62. The Morgan fingerprint density at radius 1 is 1.00 bits per heavy atom. The van der Waals surface area contributed by atoms with E-state index in [0.29, 0.717) is 31.1 Å². The van der Waals surface area contributed by atoms with Gasteiger partial charge in [0, 0.05) is 12.5 Å². The maximum absolute atomic E-state index is 13.5. The summed E-state index contributed by atoms with van der Waals surface area (Å²) < 4.78 is 12.0.